The van der Waals surface area contributed by atoms with Gasteiger partial charge in [-0.2, -0.15) is 0 Å². The van der Waals surface area contributed by atoms with E-state index in [1.807, 2.05) is 6.92 Å². The summed E-state index contributed by atoms with van der Waals surface area (Å²) in [6, 6.07) is 4.20. The first-order valence-electron chi connectivity index (χ1n) is 6.03. The smallest absolute Gasteiger partial charge is 0.142 e. The Labute approximate surface area is 110 Å². The summed E-state index contributed by atoms with van der Waals surface area (Å²) in [7, 11) is 0. The van der Waals surface area contributed by atoms with Gasteiger partial charge in [-0.3, -0.25) is 0 Å². The Hall–Kier alpha value is -0.840. The van der Waals surface area contributed by atoms with Crippen molar-refractivity contribution in [2.45, 2.75) is 38.1 Å². The Kier molecular flexibility index (Phi) is 4.43. The predicted molar refractivity (Wildman–Crippen MR) is 66.5 cm³/mol. The molecule has 0 saturated heterocycles. The van der Waals surface area contributed by atoms with Crippen LogP contribution >= 0.6 is 11.6 Å². The molecule has 1 aliphatic carbocycles. The molecule has 1 saturated carbocycles. The van der Waals surface area contributed by atoms with Gasteiger partial charge in [-0.25, -0.2) is 4.39 Å². The highest BCUT2D eigenvalue weighted by molar-refractivity contribution is 6.30. The fourth-order valence-corrected chi connectivity index (χ4v) is 2.04. The highest BCUT2D eigenvalue weighted by Gasteiger charge is 2.42. The number of aliphatic hydroxyl groups is 1. The molecule has 3 atom stereocenters. The number of halogens is 2. The van der Waals surface area contributed by atoms with Gasteiger partial charge in [-0.15, -0.1) is 0 Å². The molecule has 0 aliphatic heterocycles. The lowest BCUT2D eigenvalue weighted by molar-refractivity contribution is -0.162. The zero-order chi connectivity index (χ0) is 13.1. The number of aliphatic hydroxyl groups excluding tert-OH is 1. The molecule has 100 valence electrons. The summed E-state index contributed by atoms with van der Waals surface area (Å²) in [5, 5.41) is 9.62. The summed E-state index contributed by atoms with van der Waals surface area (Å²) in [4.78, 5) is 0. The molecule has 1 aromatic carbocycles. The largest absolute Gasteiger partial charge is 0.487 e. The maximum absolute atomic E-state index is 13.0. The average molecular weight is 275 g/mol. The Morgan fingerprint density at radius 3 is 2.89 bits per heavy atom. The van der Waals surface area contributed by atoms with Crippen molar-refractivity contribution in [2.75, 3.05) is 6.61 Å². The van der Waals surface area contributed by atoms with Crippen molar-refractivity contribution < 1.29 is 19.0 Å². The van der Waals surface area contributed by atoms with Gasteiger partial charge in [0.15, 0.2) is 0 Å². The third-order valence-electron chi connectivity index (χ3n) is 2.91. The summed E-state index contributed by atoms with van der Waals surface area (Å²) in [6.07, 6.45) is 0.404. The Morgan fingerprint density at radius 1 is 1.50 bits per heavy atom. The molecular formula is C13H16ClFO3. The normalized spacial score (nSPS) is 26.8. The van der Waals surface area contributed by atoms with E-state index in [1.54, 1.807) is 0 Å². The van der Waals surface area contributed by atoms with E-state index >= 15 is 0 Å². The number of rotatable bonds is 5. The van der Waals surface area contributed by atoms with Gasteiger partial charge in [0, 0.05) is 19.1 Å². The highest BCUT2D eigenvalue weighted by atomic mass is 35.5. The minimum atomic E-state index is -0.488. The van der Waals surface area contributed by atoms with E-state index in [9.17, 15) is 9.50 Å². The van der Waals surface area contributed by atoms with Gasteiger partial charge in [0.1, 0.15) is 23.8 Å². The molecule has 1 N–H and O–H groups in total. The molecule has 5 heteroatoms. The quantitative estimate of drug-likeness (QED) is 0.897. The first-order valence-corrected chi connectivity index (χ1v) is 6.41. The maximum Gasteiger partial charge on any atom is 0.142 e. The number of hydrogen-bond donors (Lipinski definition) is 1. The lowest BCUT2D eigenvalue weighted by Crippen LogP contribution is -2.55. The topological polar surface area (TPSA) is 38.7 Å². The summed E-state index contributed by atoms with van der Waals surface area (Å²) < 4.78 is 24.1. The molecule has 3 unspecified atom stereocenters. The van der Waals surface area contributed by atoms with Crippen molar-refractivity contribution in [1.29, 1.82) is 0 Å². The number of ether oxygens (including phenoxy) is 2. The van der Waals surface area contributed by atoms with Crippen LogP contribution < -0.4 is 4.74 Å². The molecule has 0 spiro atoms. The molecule has 3 nitrogen and oxygen atoms in total. The predicted octanol–water partition coefficient (Wildman–Crippen LogP) is 2.79. The first-order chi connectivity index (χ1) is 8.61. The summed E-state index contributed by atoms with van der Waals surface area (Å²) in [5.74, 6) is 0.0137. The van der Waals surface area contributed by atoms with E-state index in [0.29, 0.717) is 18.8 Å². The van der Waals surface area contributed by atoms with E-state index < -0.39 is 11.9 Å². The lowest BCUT2D eigenvalue weighted by Gasteiger charge is -2.40. The van der Waals surface area contributed by atoms with Gasteiger partial charge in [-0.05, 0) is 18.6 Å². The van der Waals surface area contributed by atoms with Gasteiger partial charge in [-0.1, -0.05) is 18.5 Å². The van der Waals surface area contributed by atoms with Gasteiger partial charge < -0.3 is 14.6 Å². The minimum Gasteiger partial charge on any atom is -0.487 e. The monoisotopic (exact) mass is 274 g/mol. The summed E-state index contributed by atoms with van der Waals surface area (Å²) in [5.41, 5.74) is 0. The van der Waals surface area contributed by atoms with Crippen molar-refractivity contribution in [3.05, 3.63) is 29.0 Å². The summed E-state index contributed by atoms with van der Waals surface area (Å²) in [6.45, 7) is 2.59. The molecule has 0 radical (unpaired) electrons. The van der Waals surface area contributed by atoms with Crippen LogP contribution in [-0.2, 0) is 4.74 Å². The Morgan fingerprint density at radius 2 is 2.28 bits per heavy atom. The van der Waals surface area contributed by atoms with Crippen molar-refractivity contribution in [2.24, 2.45) is 0 Å². The molecule has 1 aliphatic rings. The van der Waals surface area contributed by atoms with E-state index in [-0.39, 0.29) is 17.2 Å². The van der Waals surface area contributed by atoms with Crippen LogP contribution in [0.5, 0.6) is 5.75 Å². The molecule has 0 bridgehead atoms. The van der Waals surface area contributed by atoms with E-state index in [1.165, 1.54) is 18.2 Å². The van der Waals surface area contributed by atoms with Gasteiger partial charge in [0.2, 0.25) is 0 Å². The molecule has 0 heterocycles. The standard InChI is InChI=1S/C13H16ClFO3/c1-2-5-17-13-11(16)7-12(13)18-8-3-4-10(15)9(14)6-8/h3-4,6,11-13,16H,2,5,7H2,1H3. The van der Waals surface area contributed by atoms with E-state index in [2.05, 4.69) is 0 Å². The minimum absolute atomic E-state index is 0.0263. The molecular weight excluding hydrogens is 259 g/mol. The van der Waals surface area contributed by atoms with Crippen LogP contribution in [-0.4, -0.2) is 30.0 Å². The van der Waals surface area contributed by atoms with Crippen LogP contribution in [0.3, 0.4) is 0 Å². The molecule has 0 aromatic heterocycles. The van der Waals surface area contributed by atoms with E-state index in [4.69, 9.17) is 21.1 Å². The zero-order valence-corrected chi connectivity index (χ0v) is 10.9. The second-order valence-electron chi connectivity index (χ2n) is 4.37. The first kappa shape index (κ1) is 13.6. The van der Waals surface area contributed by atoms with Gasteiger partial charge >= 0.3 is 0 Å². The average Bonchev–Trinajstić information content (AvgIpc) is 2.33. The molecule has 1 aromatic rings. The van der Waals surface area contributed by atoms with Crippen LogP contribution in [0.2, 0.25) is 5.02 Å². The molecule has 2 rings (SSSR count). The van der Waals surface area contributed by atoms with Crippen LogP contribution in [0.1, 0.15) is 19.8 Å². The van der Waals surface area contributed by atoms with Crippen LogP contribution in [0, 0.1) is 5.82 Å². The van der Waals surface area contributed by atoms with Crippen molar-refractivity contribution in [3.63, 3.8) is 0 Å². The zero-order valence-electron chi connectivity index (χ0n) is 10.1. The number of benzene rings is 1. The number of hydrogen-bond acceptors (Lipinski definition) is 3. The highest BCUT2D eigenvalue weighted by Crippen LogP contribution is 2.30. The molecule has 0 amide bonds. The van der Waals surface area contributed by atoms with Crippen LogP contribution in [0.15, 0.2) is 18.2 Å². The second-order valence-corrected chi connectivity index (χ2v) is 4.78. The van der Waals surface area contributed by atoms with Gasteiger partial charge in [0.25, 0.3) is 0 Å². The van der Waals surface area contributed by atoms with Crippen molar-refractivity contribution >= 4 is 11.6 Å². The van der Waals surface area contributed by atoms with Crippen LogP contribution in [0.25, 0.3) is 0 Å². The van der Waals surface area contributed by atoms with Crippen molar-refractivity contribution in [3.8, 4) is 5.75 Å². The van der Waals surface area contributed by atoms with E-state index in [0.717, 1.165) is 6.42 Å². The third-order valence-corrected chi connectivity index (χ3v) is 3.20. The molecule has 1 fully saturated rings. The Bertz CT molecular complexity index is 413. The molecule has 18 heavy (non-hydrogen) atoms. The van der Waals surface area contributed by atoms with Crippen molar-refractivity contribution in [1.82, 2.24) is 0 Å². The Balaban J connectivity index is 1.94. The second kappa shape index (κ2) is 5.87. The van der Waals surface area contributed by atoms with Gasteiger partial charge in [0.05, 0.1) is 11.1 Å². The maximum atomic E-state index is 13.0. The summed E-state index contributed by atoms with van der Waals surface area (Å²) >= 11 is 5.67. The fourth-order valence-electron chi connectivity index (χ4n) is 1.87. The fraction of sp³-hybridized carbons (Fsp3) is 0.538. The third kappa shape index (κ3) is 2.94. The SMILES string of the molecule is CCCOC1C(O)CC1Oc1ccc(F)c(Cl)c1. The lowest BCUT2D eigenvalue weighted by atomic mass is 9.88. The van der Waals surface area contributed by atoms with Crippen LogP contribution in [0.4, 0.5) is 4.39 Å².